The molecule has 1 unspecified atom stereocenters. The Morgan fingerprint density at radius 1 is 1.42 bits per heavy atom. The Morgan fingerprint density at radius 2 is 2.21 bits per heavy atom. The maximum absolute atomic E-state index is 12.2. The predicted octanol–water partition coefficient (Wildman–Crippen LogP) is 0.196. The lowest BCUT2D eigenvalue weighted by atomic mass is 10.0. The maximum atomic E-state index is 12.2. The molecule has 4 N–H and O–H groups in total. The summed E-state index contributed by atoms with van der Waals surface area (Å²) in [6, 6.07) is 7.49. The molecule has 2 rings (SSSR count). The molecule has 19 heavy (non-hydrogen) atoms. The van der Waals surface area contributed by atoms with Crippen molar-refractivity contribution in [3.8, 4) is 0 Å². The van der Waals surface area contributed by atoms with E-state index in [-0.39, 0.29) is 17.9 Å². The summed E-state index contributed by atoms with van der Waals surface area (Å²) in [5.41, 5.74) is 7.18. The summed E-state index contributed by atoms with van der Waals surface area (Å²) in [4.78, 5) is 23.3. The van der Waals surface area contributed by atoms with Crippen molar-refractivity contribution in [1.82, 2.24) is 10.6 Å². The fraction of sp³-hybridized carbons (Fsp3) is 0.429. The predicted molar refractivity (Wildman–Crippen MR) is 72.7 cm³/mol. The van der Waals surface area contributed by atoms with Gasteiger partial charge in [0.2, 0.25) is 5.91 Å². The number of rotatable bonds is 4. The Kier molecular flexibility index (Phi) is 4.52. The number of hydrogen-bond acceptors (Lipinski definition) is 3. The van der Waals surface area contributed by atoms with E-state index in [9.17, 15) is 9.59 Å². The third kappa shape index (κ3) is 3.54. The largest absolute Gasteiger partial charge is 0.354 e. The van der Waals surface area contributed by atoms with Crippen LogP contribution < -0.4 is 16.4 Å². The van der Waals surface area contributed by atoms with Crippen LogP contribution in [0.5, 0.6) is 0 Å². The lowest BCUT2D eigenvalue weighted by Gasteiger charge is -2.23. The average Bonchev–Trinajstić information content (AvgIpc) is 2.42. The van der Waals surface area contributed by atoms with Crippen LogP contribution in [0.1, 0.15) is 28.8 Å². The Labute approximate surface area is 112 Å². The molecule has 1 heterocycles. The van der Waals surface area contributed by atoms with Gasteiger partial charge < -0.3 is 16.4 Å². The van der Waals surface area contributed by atoms with Crippen LogP contribution in [0.25, 0.3) is 0 Å². The second-order valence-corrected chi connectivity index (χ2v) is 4.71. The molecule has 1 aromatic carbocycles. The summed E-state index contributed by atoms with van der Waals surface area (Å²) in [6.07, 6.45) is 1.84. The Morgan fingerprint density at radius 3 is 2.89 bits per heavy atom. The van der Waals surface area contributed by atoms with Gasteiger partial charge in [-0.3, -0.25) is 9.59 Å². The fourth-order valence-electron chi connectivity index (χ4n) is 2.23. The van der Waals surface area contributed by atoms with Crippen molar-refractivity contribution in [2.45, 2.75) is 25.3 Å². The zero-order chi connectivity index (χ0) is 13.7. The molecule has 102 valence electrons. The second-order valence-electron chi connectivity index (χ2n) is 4.71. The molecule has 0 spiro atoms. The van der Waals surface area contributed by atoms with E-state index < -0.39 is 0 Å². The van der Waals surface area contributed by atoms with Gasteiger partial charge in [-0.05, 0) is 31.0 Å². The minimum atomic E-state index is -0.0924. The average molecular weight is 261 g/mol. The minimum Gasteiger partial charge on any atom is -0.354 e. The highest BCUT2D eigenvalue weighted by Gasteiger charge is 2.20. The molecule has 2 amide bonds. The third-order valence-corrected chi connectivity index (χ3v) is 3.28. The summed E-state index contributed by atoms with van der Waals surface area (Å²) < 4.78 is 0. The lowest BCUT2D eigenvalue weighted by Crippen LogP contribution is -2.47. The minimum absolute atomic E-state index is 0.0103. The molecule has 5 nitrogen and oxygen atoms in total. The van der Waals surface area contributed by atoms with Gasteiger partial charge in [0.1, 0.15) is 0 Å². The summed E-state index contributed by atoms with van der Waals surface area (Å²) in [5.74, 6) is -0.0424. The smallest absolute Gasteiger partial charge is 0.251 e. The molecule has 1 aromatic rings. The van der Waals surface area contributed by atoms with Gasteiger partial charge in [-0.25, -0.2) is 0 Å². The summed E-state index contributed by atoms with van der Waals surface area (Å²) >= 11 is 0. The molecule has 0 radical (unpaired) electrons. The molecule has 0 saturated carbocycles. The monoisotopic (exact) mass is 261 g/mol. The number of piperidine rings is 1. The molecule has 1 saturated heterocycles. The second kappa shape index (κ2) is 6.33. The van der Waals surface area contributed by atoms with E-state index in [0.717, 1.165) is 5.56 Å². The normalized spacial score (nSPS) is 18.8. The van der Waals surface area contributed by atoms with E-state index in [0.29, 0.717) is 37.9 Å². The van der Waals surface area contributed by atoms with Crippen molar-refractivity contribution < 1.29 is 9.59 Å². The van der Waals surface area contributed by atoms with Crippen LogP contribution in [0.15, 0.2) is 24.3 Å². The molecule has 1 aliphatic rings. The van der Waals surface area contributed by atoms with Gasteiger partial charge in [0, 0.05) is 24.6 Å². The van der Waals surface area contributed by atoms with Crippen LogP contribution in [0.2, 0.25) is 0 Å². The number of hydrogen-bond donors (Lipinski definition) is 3. The van der Waals surface area contributed by atoms with Crippen LogP contribution in [-0.2, 0) is 11.2 Å². The van der Waals surface area contributed by atoms with Gasteiger partial charge in [-0.1, -0.05) is 18.2 Å². The molecule has 0 bridgehead atoms. The van der Waals surface area contributed by atoms with Crippen molar-refractivity contribution in [3.63, 3.8) is 0 Å². The Hall–Kier alpha value is -1.88. The zero-order valence-corrected chi connectivity index (χ0v) is 10.8. The Bertz CT molecular complexity index is 464. The van der Waals surface area contributed by atoms with Crippen molar-refractivity contribution >= 4 is 11.8 Å². The van der Waals surface area contributed by atoms with Gasteiger partial charge >= 0.3 is 0 Å². The van der Waals surface area contributed by atoms with Gasteiger partial charge in [-0.15, -0.1) is 0 Å². The molecule has 5 heteroatoms. The number of carbonyl (C=O) groups is 2. The van der Waals surface area contributed by atoms with Crippen molar-refractivity contribution in [3.05, 3.63) is 35.4 Å². The molecule has 0 aromatic heterocycles. The highest BCUT2D eigenvalue weighted by molar-refractivity contribution is 5.96. The molecular weight excluding hydrogens is 242 g/mol. The Balaban J connectivity index is 2.01. The van der Waals surface area contributed by atoms with E-state index >= 15 is 0 Å². The van der Waals surface area contributed by atoms with Gasteiger partial charge in [-0.2, -0.15) is 0 Å². The maximum Gasteiger partial charge on any atom is 0.251 e. The summed E-state index contributed by atoms with van der Waals surface area (Å²) in [5, 5.41) is 5.72. The quantitative estimate of drug-likeness (QED) is 0.723. The lowest BCUT2D eigenvalue weighted by molar-refractivity contribution is -0.122. The standard InChI is InChI=1S/C14H19N3O2/c15-8-7-10-3-1-2-4-12(10)14(19)17-11-5-6-13(18)16-9-11/h1-4,11H,5-9,15H2,(H,16,18)(H,17,19). The first-order chi connectivity index (χ1) is 9.20. The molecular formula is C14H19N3O2. The van der Waals surface area contributed by atoms with Crippen molar-refractivity contribution in [2.75, 3.05) is 13.1 Å². The molecule has 1 aliphatic heterocycles. The van der Waals surface area contributed by atoms with E-state index in [4.69, 9.17) is 5.73 Å². The first kappa shape index (κ1) is 13.5. The van der Waals surface area contributed by atoms with Gasteiger partial charge in [0.25, 0.3) is 5.91 Å². The van der Waals surface area contributed by atoms with Gasteiger partial charge in [0.05, 0.1) is 0 Å². The van der Waals surface area contributed by atoms with Crippen LogP contribution in [0.3, 0.4) is 0 Å². The van der Waals surface area contributed by atoms with Crippen LogP contribution in [-0.4, -0.2) is 30.9 Å². The number of amides is 2. The van der Waals surface area contributed by atoms with E-state index in [1.54, 1.807) is 0 Å². The molecule has 0 aliphatic carbocycles. The van der Waals surface area contributed by atoms with E-state index in [1.807, 2.05) is 24.3 Å². The number of carbonyl (C=O) groups excluding carboxylic acids is 2. The third-order valence-electron chi connectivity index (χ3n) is 3.28. The first-order valence-electron chi connectivity index (χ1n) is 6.56. The summed E-state index contributed by atoms with van der Waals surface area (Å²) in [7, 11) is 0. The number of nitrogens with one attached hydrogen (secondary N) is 2. The highest BCUT2D eigenvalue weighted by atomic mass is 16.2. The van der Waals surface area contributed by atoms with Crippen LogP contribution >= 0.6 is 0 Å². The van der Waals surface area contributed by atoms with E-state index in [2.05, 4.69) is 10.6 Å². The SMILES string of the molecule is NCCc1ccccc1C(=O)NC1CCC(=O)NC1. The van der Waals surface area contributed by atoms with E-state index in [1.165, 1.54) is 0 Å². The van der Waals surface area contributed by atoms with Crippen LogP contribution in [0, 0.1) is 0 Å². The summed E-state index contributed by atoms with van der Waals surface area (Å²) in [6.45, 7) is 1.02. The highest BCUT2D eigenvalue weighted by Crippen LogP contribution is 2.11. The fourth-order valence-corrected chi connectivity index (χ4v) is 2.23. The van der Waals surface area contributed by atoms with Crippen molar-refractivity contribution in [2.24, 2.45) is 5.73 Å². The molecule has 1 fully saturated rings. The van der Waals surface area contributed by atoms with Crippen molar-refractivity contribution in [1.29, 1.82) is 0 Å². The topological polar surface area (TPSA) is 84.2 Å². The number of benzene rings is 1. The van der Waals surface area contributed by atoms with Crippen LogP contribution in [0.4, 0.5) is 0 Å². The first-order valence-corrected chi connectivity index (χ1v) is 6.56. The zero-order valence-electron chi connectivity index (χ0n) is 10.8. The number of nitrogens with two attached hydrogens (primary N) is 1. The molecule has 1 atom stereocenters. The van der Waals surface area contributed by atoms with Gasteiger partial charge in [0.15, 0.2) is 0 Å².